The van der Waals surface area contributed by atoms with Crippen LogP contribution in [0.5, 0.6) is 0 Å². The Morgan fingerprint density at radius 1 is 0.679 bits per heavy atom. The molecule has 0 aromatic heterocycles. The lowest BCUT2D eigenvalue weighted by Gasteiger charge is -2.29. The number of nitrogens with one attached hydrogen (secondary N) is 1. The zero-order valence-electron chi connectivity index (χ0n) is 34.2. The lowest BCUT2D eigenvalue weighted by Crippen LogP contribution is -2.45. The number of quaternary nitrogens is 1. The van der Waals surface area contributed by atoms with Gasteiger partial charge in [0.2, 0.25) is 5.91 Å². The molecule has 0 aliphatic heterocycles. The van der Waals surface area contributed by atoms with Crippen LogP contribution in [0.4, 0.5) is 0 Å². The molecule has 0 radical (unpaired) electrons. The largest absolute Gasteiger partial charge is 0.756 e. The number of carbonyl (C=O) groups is 1. The zero-order valence-corrected chi connectivity index (χ0v) is 35.1. The summed E-state index contributed by atoms with van der Waals surface area (Å²) in [5.74, 6) is -0.222. The van der Waals surface area contributed by atoms with Crippen molar-refractivity contribution in [1.29, 1.82) is 0 Å². The first-order valence-electron chi connectivity index (χ1n) is 20.4. The van der Waals surface area contributed by atoms with Crippen molar-refractivity contribution >= 4 is 13.7 Å². The van der Waals surface area contributed by atoms with Gasteiger partial charge < -0.3 is 28.8 Å². The molecule has 0 aliphatic rings. The summed E-state index contributed by atoms with van der Waals surface area (Å²) >= 11 is 0. The molecule has 0 aromatic carbocycles. The fourth-order valence-electron chi connectivity index (χ4n) is 5.08. The number of aliphatic hydroxyl groups excluding tert-OH is 1. The highest BCUT2D eigenvalue weighted by molar-refractivity contribution is 7.45. The average molecular weight is 761 g/mol. The van der Waals surface area contributed by atoms with E-state index >= 15 is 0 Å². The fraction of sp³-hybridized carbons (Fsp3) is 0.659. The third kappa shape index (κ3) is 37.8. The first-order valence-corrected chi connectivity index (χ1v) is 21.9. The summed E-state index contributed by atoms with van der Waals surface area (Å²) in [6.45, 7) is 4.33. The molecular weight excluding hydrogens is 683 g/mol. The van der Waals surface area contributed by atoms with E-state index in [1.165, 1.54) is 25.7 Å². The van der Waals surface area contributed by atoms with Gasteiger partial charge >= 0.3 is 0 Å². The van der Waals surface area contributed by atoms with Crippen LogP contribution in [-0.2, 0) is 18.4 Å². The summed E-state index contributed by atoms with van der Waals surface area (Å²) in [7, 11) is 1.23. The minimum Gasteiger partial charge on any atom is -0.756 e. The van der Waals surface area contributed by atoms with Gasteiger partial charge in [-0.05, 0) is 64.2 Å². The van der Waals surface area contributed by atoms with Crippen LogP contribution in [0.2, 0.25) is 0 Å². The number of carbonyl (C=O) groups excluding carboxylic acids is 1. The number of aliphatic hydroxyl groups is 1. The Hall–Kier alpha value is -2.32. The van der Waals surface area contributed by atoms with E-state index < -0.39 is 26.6 Å². The maximum absolute atomic E-state index is 12.7. The predicted octanol–water partition coefficient (Wildman–Crippen LogP) is 10.4. The van der Waals surface area contributed by atoms with E-state index in [-0.39, 0.29) is 12.5 Å². The number of allylic oxidation sites excluding steroid dienone is 13. The molecule has 8 nitrogen and oxygen atoms in total. The second kappa shape index (κ2) is 35.4. The van der Waals surface area contributed by atoms with E-state index in [1.54, 1.807) is 6.08 Å². The number of rotatable bonds is 35. The molecule has 0 aliphatic carbocycles. The van der Waals surface area contributed by atoms with Gasteiger partial charge in [-0.25, -0.2) is 0 Å². The van der Waals surface area contributed by atoms with E-state index in [4.69, 9.17) is 9.05 Å². The summed E-state index contributed by atoms with van der Waals surface area (Å²) in [6.07, 6.45) is 48.4. The van der Waals surface area contributed by atoms with Crippen LogP contribution in [0.25, 0.3) is 0 Å². The Morgan fingerprint density at radius 2 is 1.15 bits per heavy atom. The highest BCUT2D eigenvalue weighted by Crippen LogP contribution is 2.38. The van der Waals surface area contributed by atoms with Crippen molar-refractivity contribution in [2.24, 2.45) is 0 Å². The number of amides is 1. The molecule has 0 rings (SSSR count). The van der Waals surface area contributed by atoms with Gasteiger partial charge in [-0.2, -0.15) is 0 Å². The smallest absolute Gasteiger partial charge is 0.268 e. The minimum atomic E-state index is -4.57. The quantitative estimate of drug-likeness (QED) is 0.0288. The highest BCUT2D eigenvalue weighted by Gasteiger charge is 2.23. The van der Waals surface area contributed by atoms with Crippen LogP contribution in [-0.4, -0.2) is 68.5 Å². The zero-order chi connectivity index (χ0) is 39.3. The van der Waals surface area contributed by atoms with E-state index in [1.807, 2.05) is 27.2 Å². The molecule has 3 unspecified atom stereocenters. The third-order valence-corrected chi connectivity index (χ3v) is 9.33. The van der Waals surface area contributed by atoms with Gasteiger partial charge in [0.15, 0.2) is 0 Å². The molecule has 0 fully saturated rings. The van der Waals surface area contributed by atoms with Crippen LogP contribution >= 0.6 is 7.82 Å². The molecule has 3 atom stereocenters. The average Bonchev–Trinajstić information content (AvgIpc) is 3.10. The van der Waals surface area contributed by atoms with Gasteiger partial charge in [-0.3, -0.25) is 9.36 Å². The molecule has 0 spiro atoms. The number of phosphoric ester groups is 1. The summed E-state index contributed by atoms with van der Waals surface area (Å²) in [5, 5.41) is 13.5. The summed E-state index contributed by atoms with van der Waals surface area (Å²) in [6, 6.07) is -0.891. The van der Waals surface area contributed by atoms with Gasteiger partial charge in [-0.15, -0.1) is 0 Å². The molecule has 304 valence electrons. The van der Waals surface area contributed by atoms with Gasteiger partial charge in [0.1, 0.15) is 13.2 Å². The molecule has 1 amide bonds. The molecule has 9 heteroatoms. The molecule has 0 aromatic rings. The van der Waals surface area contributed by atoms with Gasteiger partial charge in [0.25, 0.3) is 7.82 Å². The van der Waals surface area contributed by atoms with Crippen molar-refractivity contribution in [2.45, 2.75) is 148 Å². The van der Waals surface area contributed by atoms with E-state index in [9.17, 15) is 19.4 Å². The fourth-order valence-corrected chi connectivity index (χ4v) is 5.80. The lowest BCUT2D eigenvalue weighted by molar-refractivity contribution is -0.870. The maximum Gasteiger partial charge on any atom is 0.268 e. The van der Waals surface area contributed by atoms with Gasteiger partial charge in [0.05, 0.1) is 39.9 Å². The van der Waals surface area contributed by atoms with Crippen molar-refractivity contribution in [1.82, 2.24) is 5.32 Å². The topological polar surface area (TPSA) is 108 Å². The second-order valence-corrected chi connectivity index (χ2v) is 16.0. The highest BCUT2D eigenvalue weighted by atomic mass is 31.2. The summed E-state index contributed by atoms with van der Waals surface area (Å²) in [4.78, 5) is 25.0. The minimum absolute atomic E-state index is 0.00883. The van der Waals surface area contributed by atoms with Crippen molar-refractivity contribution in [3.05, 3.63) is 85.1 Å². The van der Waals surface area contributed by atoms with Crippen molar-refractivity contribution in [3.8, 4) is 0 Å². The number of phosphoric acid groups is 1. The van der Waals surface area contributed by atoms with E-state index in [0.717, 1.165) is 89.9 Å². The Bertz CT molecular complexity index is 1140. The Morgan fingerprint density at radius 3 is 1.66 bits per heavy atom. The molecular formula is C44H77N2O6P. The monoisotopic (exact) mass is 761 g/mol. The molecule has 0 bridgehead atoms. The molecule has 0 saturated heterocycles. The Kier molecular flexibility index (Phi) is 33.8. The molecule has 53 heavy (non-hydrogen) atoms. The summed E-state index contributed by atoms with van der Waals surface area (Å²) in [5.41, 5.74) is 0. The Balaban J connectivity index is 4.07. The van der Waals surface area contributed by atoms with Crippen molar-refractivity contribution < 1.29 is 32.9 Å². The number of likely N-dealkylation sites (N-methyl/N-ethyl adjacent to an activating group) is 1. The van der Waals surface area contributed by atoms with Crippen molar-refractivity contribution in [2.75, 3.05) is 40.9 Å². The Labute approximate surface area is 325 Å². The van der Waals surface area contributed by atoms with Crippen LogP contribution in [0.3, 0.4) is 0 Å². The van der Waals surface area contributed by atoms with Crippen LogP contribution in [0, 0.1) is 0 Å². The lowest BCUT2D eigenvalue weighted by atomic mass is 10.1. The number of nitrogens with zero attached hydrogens (tertiary/aromatic N) is 1. The van der Waals surface area contributed by atoms with Crippen LogP contribution in [0.15, 0.2) is 85.1 Å². The second-order valence-electron chi connectivity index (χ2n) is 14.6. The first kappa shape index (κ1) is 50.7. The van der Waals surface area contributed by atoms with E-state index in [2.05, 4.69) is 92.1 Å². The molecule has 0 heterocycles. The molecule has 2 N–H and O–H groups in total. The van der Waals surface area contributed by atoms with Crippen LogP contribution < -0.4 is 10.2 Å². The van der Waals surface area contributed by atoms with Gasteiger partial charge in [0, 0.05) is 6.42 Å². The number of unbranched alkanes of at least 4 members (excludes halogenated alkanes) is 10. The predicted molar refractivity (Wildman–Crippen MR) is 223 cm³/mol. The number of hydrogen-bond acceptors (Lipinski definition) is 6. The third-order valence-electron chi connectivity index (χ3n) is 8.36. The normalized spacial score (nSPS) is 15.4. The van der Waals surface area contributed by atoms with Crippen molar-refractivity contribution in [3.63, 3.8) is 0 Å². The van der Waals surface area contributed by atoms with Gasteiger partial charge in [-0.1, -0.05) is 150 Å². The standard InChI is InChI=1S/C44H77N2O6P/c1-6-8-10-12-13-14-15-16-17-18-19-20-21-22-23-24-25-26-27-28-29-30-31-32-33-34-36-38-44(48)45-42(43(47)37-35-11-9-7-2)41-52-53(49,50)51-40-39-46(3,4)5/h8,10,13-14,16-17,19-20,22-23,25-26,35,37,42-43,47H,6-7,9,11-12,15,18,21,24,27-34,36,38-41H2,1-5H3,(H-,45,48,49,50)/b10-8-,14-13-,17-16-,20-19-,23-22-,26-25-,37-35+. The first-order chi connectivity index (χ1) is 25.5. The maximum atomic E-state index is 12.7. The molecule has 0 saturated carbocycles. The van der Waals surface area contributed by atoms with Crippen LogP contribution in [0.1, 0.15) is 136 Å². The van der Waals surface area contributed by atoms with E-state index in [0.29, 0.717) is 17.4 Å². The number of hydrogen-bond donors (Lipinski definition) is 2. The SMILES string of the molecule is CC/C=C\C/C=C\C/C=C\C/C=C\C/C=C\C/C=C\CCCCCCCCCCC(=O)NC(COP(=O)([O-])OCC[N+](C)(C)C)C(O)/C=C/CCCC. The summed E-state index contributed by atoms with van der Waals surface area (Å²) < 4.78 is 22.9.